The standard InChI is InChI=1S/C11H15ClN4OS/c1-18-11(4-5-11)6-14-10(17)9-7(12)2-3-8(15-9)16-13/h2-3H,4-6,13H2,1H3,(H,14,17)(H,15,16). The number of nitrogens with zero attached hydrogens (tertiary/aromatic N) is 1. The average molecular weight is 287 g/mol. The van der Waals surface area contributed by atoms with E-state index in [9.17, 15) is 4.79 Å². The largest absolute Gasteiger partial charge is 0.349 e. The summed E-state index contributed by atoms with van der Waals surface area (Å²) in [6.07, 6.45) is 4.34. The maximum Gasteiger partial charge on any atom is 0.271 e. The summed E-state index contributed by atoms with van der Waals surface area (Å²) in [6, 6.07) is 3.21. The normalized spacial score (nSPS) is 16.2. The highest BCUT2D eigenvalue weighted by Crippen LogP contribution is 2.46. The fourth-order valence-corrected chi connectivity index (χ4v) is 2.52. The topological polar surface area (TPSA) is 80.0 Å². The number of pyridine rings is 1. The van der Waals surface area contributed by atoms with Crippen LogP contribution >= 0.6 is 23.4 Å². The number of nitrogens with one attached hydrogen (secondary N) is 2. The van der Waals surface area contributed by atoms with Crippen LogP contribution in [0.15, 0.2) is 12.1 Å². The van der Waals surface area contributed by atoms with Crippen LogP contribution in [0.2, 0.25) is 5.02 Å². The van der Waals surface area contributed by atoms with Gasteiger partial charge in [0.25, 0.3) is 5.91 Å². The lowest BCUT2D eigenvalue weighted by Gasteiger charge is -2.13. The monoisotopic (exact) mass is 286 g/mol. The Morgan fingerprint density at radius 1 is 1.61 bits per heavy atom. The van der Waals surface area contributed by atoms with Crippen LogP contribution in [0.3, 0.4) is 0 Å². The summed E-state index contributed by atoms with van der Waals surface area (Å²) in [6.45, 7) is 0.644. The summed E-state index contributed by atoms with van der Waals surface area (Å²) >= 11 is 7.74. The first kappa shape index (κ1) is 13.5. The third-order valence-electron chi connectivity index (χ3n) is 3.02. The van der Waals surface area contributed by atoms with Crippen LogP contribution < -0.4 is 16.6 Å². The van der Waals surface area contributed by atoms with Gasteiger partial charge in [0.2, 0.25) is 0 Å². The van der Waals surface area contributed by atoms with Crippen LogP contribution in [0.1, 0.15) is 23.3 Å². The third kappa shape index (κ3) is 2.88. The van der Waals surface area contributed by atoms with Crippen LogP contribution in [0.4, 0.5) is 5.82 Å². The van der Waals surface area contributed by atoms with E-state index in [1.165, 1.54) is 0 Å². The van der Waals surface area contributed by atoms with E-state index >= 15 is 0 Å². The van der Waals surface area contributed by atoms with Gasteiger partial charge in [-0.1, -0.05) is 11.6 Å². The molecule has 98 valence electrons. The van der Waals surface area contributed by atoms with Crippen LogP contribution in [0, 0.1) is 0 Å². The number of carbonyl (C=O) groups excluding carboxylic acids is 1. The van der Waals surface area contributed by atoms with Crippen molar-refractivity contribution in [1.82, 2.24) is 10.3 Å². The number of thioether (sulfide) groups is 1. The predicted octanol–water partition coefficient (Wildman–Crippen LogP) is 1.65. The van der Waals surface area contributed by atoms with Gasteiger partial charge in [0.1, 0.15) is 11.5 Å². The molecule has 7 heteroatoms. The van der Waals surface area contributed by atoms with E-state index in [4.69, 9.17) is 17.4 Å². The highest BCUT2D eigenvalue weighted by atomic mass is 35.5. The highest BCUT2D eigenvalue weighted by molar-refractivity contribution is 8.00. The van der Waals surface area contributed by atoms with Gasteiger partial charge in [0.15, 0.2) is 0 Å². The molecule has 1 amide bonds. The maximum absolute atomic E-state index is 12.0. The Kier molecular flexibility index (Phi) is 3.99. The maximum atomic E-state index is 12.0. The minimum Gasteiger partial charge on any atom is -0.349 e. The number of rotatable bonds is 5. The quantitative estimate of drug-likeness (QED) is 0.566. The van der Waals surface area contributed by atoms with Crippen molar-refractivity contribution in [2.45, 2.75) is 17.6 Å². The van der Waals surface area contributed by atoms with Crippen molar-refractivity contribution in [1.29, 1.82) is 0 Å². The third-order valence-corrected chi connectivity index (χ3v) is 4.74. The molecule has 1 aliphatic carbocycles. The molecule has 1 aliphatic rings. The summed E-state index contributed by atoms with van der Waals surface area (Å²) in [5.74, 6) is 5.40. The van der Waals surface area contributed by atoms with Gasteiger partial charge in [-0.3, -0.25) is 4.79 Å². The van der Waals surface area contributed by atoms with Gasteiger partial charge >= 0.3 is 0 Å². The van der Waals surface area contributed by atoms with E-state index in [-0.39, 0.29) is 16.3 Å². The number of carbonyl (C=O) groups is 1. The molecule has 0 saturated heterocycles. The van der Waals surface area contributed by atoms with Gasteiger partial charge in [0.05, 0.1) is 5.02 Å². The van der Waals surface area contributed by atoms with Crippen molar-refractivity contribution in [3.8, 4) is 0 Å². The molecule has 1 aromatic heterocycles. The smallest absolute Gasteiger partial charge is 0.271 e. The molecular formula is C11H15ClN4OS. The van der Waals surface area contributed by atoms with E-state index in [2.05, 4.69) is 22.0 Å². The fraction of sp³-hybridized carbons (Fsp3) is 0.455. The molecule has 0 unspecified atom stereocenters. The molecule has 1 heterocycles. The molecule has 4 N–H and O–H groups in total. The molecule has 18 heavy (non-hydrogen) atoms. The van der Waals surface area contributed by atoms with Crippen LogP contribution in [0.5, 0.6) is 0 Å². The number of nitrogens with two attached hydrogens (primary N) is 1. The van der Waals surface area contributed by atoms with E-state index in [1.807, 2.05) is 0 Å². The van der Waals surface area contributed by atoms with E-state index in [0.29, 0.717) is 17.4 Å². The first-order valence-corrected chi connectivity index (χ1v) is 7.17. The van der Waals surface area contributed by atoms with E-state index < -0.39 is 0 Å². The minimum atomic E-state index is -0.266. The second-order valence-electron chi connectivity index (χ2n) is 4.24. The second-order valence-corrected chi connectivity index (χ2v) is 5.92. The minimum absolute atomic E-state index is 0.198. The Balaban J connectivity index is 2.04. The van der Waals surface area contributed by atoms with Crippen molar-refractivity contribution < 1.29 is 4.79 Å². The molecule has 0 aromatic carbocycles. The predicted molar refractivity (Wildman–Crippen MR) is 74.9 cm³/mol. The van der Waals surface area contributed by atoms with E-state index in [1.54, 1.807) is 23.9 Å². The van der Waals surface area contributed by atoms with Crippen molar-refractivity contribution in [2.75, 3.05) is 18.2 Å². The van der Waals surface area contributed by atoms with Crippen molar-refractivity contribution in [3.05, 3.63) is 22.8 Å². The second kappa shape index (κ2) is 5.34. The van der Waals surface area contributed by atoms with Gasteiger partial charge in [0, 0.05) is 11.3 Å². The summed E-state index contributed by atoms with van der Waals surface area (Å²) in [5, 5.41) is 3.19. The Morgan fingerprint density at radius 3 is 2.89 bits per heavy atom. The Labute approximate surface area is 115 Å². The number of amides is 1. The average Bonchev–Trinajstić information content (AvgIpc) is 3.17. The molecule has 2 rings (SSSR count). The van der Waals surface area contributed by atoms with Gasteiger partial charge in [-0.25, -0.2) is 10.8 Å². The fourth-order valence-electron chi connectivity index (χ4n) is 1.60. The zero-order valence-electron chi connectivity index (χ0n) is 10.00. The number of halogens is 1. The van der Waals surface area contributed by atoms with Crippen molar-refractivity contribution in [2.24, 2.45) is 5.84 Å². The zero-order valence-corrected chi connectivity index (χ0v) is 11.6. The van der Waals surface area contributed by atoms with Crippen LogP contribution in [0.25, 0.3) is 0 Å². The number of hydrogen-bond donors (Lipinski definition) is 3. The SMILES string of the molecule is CSC1(CNC(=O)c2nc(NN)ccc2Cl)CC1. The number of hydrazine groups is 1. The Bertz CT molecular complexity index is 464. The molecule has 0 radical (unpaired) electrons. The number of hydrogen-bond acceptors (Lipinski definition) is 5. The number of aromatic nitrogens is 1. The summed E-state index contributed by atoms with van der Waals surface area (Å²) in [7, 11) is 0. The molecule has 5 nitrogen and oxygen atoms in total. The van der Waals surface area contributed by atoms with Gasteiger partial charge in [-0.05, 0) is 31.2 Å². The van der Waals surface area contributed by atoms with Gasteiger partial charge in [-0.15, -0.1) is 0 Å². The molecule has 1 aromatic rings. The Hall–Kier alpha value is -0.980. The molecule has 1 saturated carbocycles. The van der Waals surface area contributed by atoms with E-state index in [0.717, 1.165) is 12.8 Å². The molecule has 1 fully saturated rings. The first-order chi connectivity index (χ1) is 8.60. The highest BCUT2D eigenvalue weighted by Gasteiger charge is 2.42. The van der Waals surface area contributed by atoms with Crippen LogP contribution in [-0.4, -0.2) is 28.4 Å². The molecular weight excluding hydrogens is 272 g/mol. The summed E-state index contributed by atoms with van der Waals surface area (Å²) < 4.78 is 0.214. The van der Waals surface area contributed by atoms with Gasteiger partial charge < -0.3 is 10.7 Å². The van der Waals surface area contributed by atoms with Gasteiger partial charge in [-0.2, -0.15) is 11.8 Å². The molecule has 0 aliphatic heterocycles. The lowest BCUT2D eigenvalue weighted by atomic mass is 10.3. The first-order valence-electron chi connectivity index (χ1n) is 5.57. The zero-order chi connectivity index (χ0) is 13.2. The summed E-state index contributed by atoms with van der Waals surface area (Å²) in [4.78, 5) is 16.0. The number of nitrogen functional groups attached to an aromatic ring is 1. The van der Waals surface area contributed by atoms with Crippen molar-refractivity contribution in [3.63, 3.8) is 0 Å². The van der Waals surface area contributed by atoms with Crippen molar-refractivity contribution >= 4 is 35.1 Å². The lowest BCUT2D eigenvalue weighted by molar-refractivity contribution is 0.0948. The molecule has 0 bridgehead atoms. The van der Waals surface area contributed by atoms with Crippen LogP contribution in [-0.2, 0) is 0 Å². The molecule has 0 atom stereocenters. The summed E-state index contributed by atoms with van der Waals surface area (Å²) in [5.41, 5.74) is 2.59. The molecule has 0 spiro atoms. The lowest BCUT2D eigenvalue weighted by Crippen LogP contribution is -2.32. The Morgan fingerprint density at radius 2 is 2.33 bits per heavy atom. The number of anilines is 1.